The van der Waals surface area contributed by atoms with Crippen molar-refractivity contribution in [2.24, 2.45) is 0 Å². The summed E-state index contributed by atoms with van der Waals surface area (Å²) in [6.07, 6.45) is 4.82. The Hall–Kier alpha value is -3.00. The fourth-order valence-corrected chi connectivity index (χ4v) is 5.01. The predicted octanol–water partition coefficient (Wildman–Crippen LogP) is 4.25. The number of nitrogens with zero attached hydrogens (tertiary/aromatic N) is 6. The molecule has 0 aliphatic carbocycles. The van der Waals surface area contributed by atoms with Crippen LogP contribution in [0.25, 0.3) is 22.9 Å². The SMILES string of the molecule is CCC(=O)CN1CCC(c2ccc3c(c2)OCCn2cc(-c4nc(C)nn4C(C)C)nc2-3)CC1. The smallest absolute Gasteiger partial charge is 0.178 e. The van der Waals surface area contributed by atoms with E-state index in [1.165, 1.54) is 5.56 Å². The summed E-state index contributed by atoms with van der Waals surface area (Å²) in [6, 6.07) is 6.80. The number of aryl methyl sites for hydroxylation is 1. The molecule has 0 radical (unpaired) electrons. The van der Waals surface area contributed by atoms with Gasteiger partial charge in [-0.05, 0) is 70.3 Å². The standard InChI is InChI=1S/C26H34N6O2/c1-5-21(33)15-30-10-8-19(9-11-30)20-6-7-22-24(14-20)34-13-12-31-16-23(28-25(22)31)26-27-18(4)29-32(26)17(2)3/h6-7,14,16-17,19H,5,8-13,15H2,1-4H3. The van der Waals surface area contributed by atoms with Crippen LogP contribution in [0.2, 0.25) is 0 Å². The number of carbonyl (C=O) groups excluding carboxylic acids is 1. The van der Waals surface area contributed by atoms with Gasteiger partial charge in [0.2, 0.25) is 0 Å². The maximum Gasteiger partial charge on any atom is 0.178 e. The van der Waals surface area contributed by atoms with Crippen LogP contribution in [0.15, 0.2) is 24.4 Å². The van der Waals surface area contributed by atoms with E-state index in [9.17, 15) is 4.79 Å². The van der Waals surface area contributed by atoms with Crippen LogP contribution in [0, 0.1) is 6.92 Å². The fraction of sp³-hybridized carbons (Fsp3) is 0.538. The summed E-state index contributed by atoms with van der Waals surface area (Å²) in [6.45, 7) is 11.9. The molecule has 4 heterocycles. The minimum absolute atomic E-state index is 0.211. The molecule has 0 N–H and O–H groups in total. The van der Waals surface area contributed by atoms with Crippen LogP contribution in [0.4, 0.5) is 0 Å². The van der Waals surface area contributed by atoms with Gasteiger partial charge in [-0.1, -0.05) is 13.0 Å². The molecule has 0 amide bonds. The summed E-state index contributed by atoms with van der Waals surface area (Å²) in [5.74, 6) is 4.20. The highest BCUT2D eigenvalue weighted by Gasteiger charge is 2.25. The summed E-state index contributed by atoms with van der Waals surface area (Å²) in [4.78, 5) is 23.7. The number of aromatic nitrogens is 5. The van der Waals surface area contributed by atoms with E-state index in [1.807, 2.05) is 18.5 Å². The third-order valence-electron chi connectivity index (χ3n) is 6.92. The molecule has 0 unspecified atom stereocenters. The predicted molar refractivity (Wildman–Crippen MR) is 131 cm³/mol. The lowest BCUT2D eigenvalue weighted by atomic mass is 9.88. The highest BCUT2D eigenvalue weighted by molar-refractivity contribution is 5.80. The van der Waals surface area contributed by atoms with E-state index in [-0.39, 0.29) is 6.04 Å². The van der Waals surface area contributed by atoms with Crippen molar-refractivity contribution in [2.45, 2.75) is 65.5 Å². The first-order valence-corrected chi connectivity index (χ1v) is 12.4. The number of benzene rings is 1. The third kappa shape index (κ3) is 4.39. The second kappa shape index (κ2) is 9.33. The summed E-state index contributed by atoms with van der Waals surface area (Å²) < 4.78 is 10.3. The number of piperidine rings is 1. The maximum absolute atomic E-state index is 11.8. The molecule has 34 heavy (non-hydrogen) atoms. The van der Waals surface area contributed by atoms with Gasteiger partial charge in [0.15, 0.2) is 5.82 Å². The van der Waals surface area contributed by atoms with E-state index >= 15 is 0 Å². The van der Waals surface area contributed by atoms with Gasteiger partial charge in [0.25, 0.3) is 0 Å². The molecule has 8 heteroatoms. The van der Waals surface area contributed by atoms with Gasteiger partial charge in [0, 0.05) is 18.7 Å². The molecule has 0 spiro atoms. The molecule has 1 fully saturated rings. The molecule has 2 aliphatic rings. The van der Waals surface area contributed by atoms with Gasteiger partial charge < -0.3 is 9.30 Å². The van der Waals surface area contributed by atoms with Crippen LogP contribution < -0.4 is 4.74 Å². The number of likely N-dealkylation sites (tertiary alicyclic amines) is 1. The lowest BCUT2D eigenvalue weighted by Crippen LogP contribution is -2.36. The number of ether oxygens (including phenoxy) is 1. The highest BCUT2D eigenvalue weighted by Crippen LogP contribution is 2.38. The third-order valence-corrected chi connectivity index (χ3v) is 6.92. The fourth-order valence-electron chi connectivity index (χ4n) is 5.01. The van der Waals surface area contributed by atoms with Crippen LogP contribution in [-0.2, 0) is 11.3 Å². The number of Topliss-reactive ketones (excluding diaryl/α,β-unsaturated/α-hetero) is 1. The Kier molecular flexibility index (Phi) is 6.25. The highest BCUT2D eigenvalue weighted by atomic mass is 16.5. The molecule has 3 aromatic rings. The van der Waals surface area contributed by atoms with Crippen molar-refractivity contribution in [1.29, 1.82) is 0 Å². The van der Waals surface area contributed by atoms with E-state index in [2.05, 4.69) is 57.8 Å². The Morgan fingerprint density at radius 2 is 1.94 bits per heavy atom. The Balaban J connectivity index is 1.39. The normalized spacial score (nSPS) is 16.7. The molecule has 2 aromatic heterocycles. The summed E-state index contributed by atoms with van der Waals surface area (Å²) >= 11 is 0. The van der Waals surface area contributed by atoms with Crippen LogP contribution in [-0.4, -0.2) is 61.2 Å². The van der Waals surface area contributed by atoms with Crippen molar-refractivity contribution in [3.8, 4) is 28.7 Å². The van der Waals surface area contributed by atoms with Crippen molar-refractivity contribution in [2.75, 3.05) is 26.2 Å². The van der Waals surface area contributed by atoms with E-state index in [0.29, 0.717) is 31.3 Å². The van der Waals surface area contributed by atoms with Crippen LogP contribution in [0.3, 0.4) is 0 Å². The maximum atomic E-state index is 11.8. The van der Waals surface area contributed by atoms with Crippen molar-refractivity contribution in [1.82, 2.24) is 29.2 Å². The number of rotatable bonds is 6. The van der Waals surface area contributed by atoms with Crippen LogP contribution in [0.1, 0.15) is 63.4 Å². The second-order valence-electron chi connectivity index (χ2n) is 9.71. The summed E-state index contributed by atoms with van der Waals surface area (Å²) in [5.41, 5.74) is 3.18. The number of hydrogen-bond donors (Lipinski definition) is 0. The summed E-state index contributed by atoms with van der Waals surface area (Å²) in [7, 11) is 0. The molecule has 5 rings (SSSR count). The molecule has 1 aromatic carbocycles. The molecular weight excluding hydrogens is 428 g/mol. The van der Waals surface area contributed by atoms with Crippen LogP contribution >= 0.6 is 0 Å². The number of hydrogen-bond acceptors (Lipinski definition) is 6. The number of fused-ring (bicyclic) bond motifs is 3. The lowest BCUT2D eigenvalue weighted by molar-refractivity contribution is -0.120. The molecule has 1 saturated heterocycles. The average Bonchev–Trinajstić information content (AvgIpc) is 3.39. The molecule has 2 aliphatic heterocycles. The largest absolute Gasteiger partial charge is 0.491 e. The van der Waals surface area contributed by atoms with E-state index in [4.69, 9.17) is 9.72 Å². The Morgan fingerprint density at radius 1 is 1.15 bits per heavy atom. The molecule has 8 nitrogen and oxygen atoms in total. The van der Waals surface area contributed by atoms with E-state index < -0.39 is 0 Å². The molecule has 0 atom stereocenters. The lowest BCUT2D eigenvalue weighted by Gasteiger charge is -2.31. The zero-order valence-electron chi connectivity index (χ0n) is 20.6. The zero-order chi connectivity index (χ0) is 23.8. The van der Waals surface area contributed by atoms with Gasteiger partial charge >= 0.3 is 0 Å². The Labute approximate surface area is 201 Å². The van der Waals surface area contributed by atoms with Gasteiger partial charge in [-0.3, -0.25) is 9.69 Å². The molecular formula is C26H34N6O2. The Morgan fingerprint density at radius 3 is 2.68 bits per heavy atom. The van der Waals surface area contributed by atoms with Crippen molar-refractivity contribution in [3.63, 3.8) is 0 Å². The van der Waals surface area contributed by atoms with Crippen molar-refractivity contribution in [3.05, 3.63) is 35.8 Å². The second-order valence-corrected chi connectivity index (χ2v) is 9.71. The first-order chi connectivity index (χ1) is 16.4. The van der Waals surface area contributed by atoms with Gasteiger partial charge in [0.05, 0.1) is 18.7 Å². The number of carbonyl (C=O) groups is 1. The summed E-state index contributed by atoms with van der Waals surface area (Å²) in [5, 5.41) is 4.55. The quantitative estimate of drug-likeness (QED) is 0.545. The van der Waals surface area contributed by atoms with Gasteiger partial charge in [0.1, 0.15) is 35.5 Å². The van der Waals surface area contributed by atoms with Crippen molar-refractivity contribution >= 4 is 5.78 Å². The van der Waals surface area contributed by atoms with Gasteiger partial charge in [-0.25, -0.2) is 14.6 Å². The average molecular weight is 463 g/mol. The van der Waals surface area contributed by atoms with E-state index in [0.717, 1.165) is 67.0 Å². The minimum Gasteiger partial charge on any atom is -0.491 e. The van der Waals surface area contributed by atoms with Crippen LogP contribution in [0.5, 0.6) is 5.75 Å². The minimum atomic E-state index is 0.211. The number of ketones is 1. The first-order valence-electron chi connectivity index (χ1n) is 12.4. The molecule has 180 valence electrons. The topological polar surface area (TPSA) is 78.1 Å². The van der Waals surface area contributed by atoms with Gasteiger partial charge in [-0.2, -0.15) is 5.10 Å². The van der Waals surface area contributed by atoms with E-state index in [1.54, 1.807) is 0 Å². The molecule has 0 bridgehead atoms. The number of imidazole rings is 1. The monoisotopic (exact) mass is 462 g/mol. The molecule has 0 saturated carbocycles. The van der Waals surface area contributed by atoms with Gasteiger partial charge in [-0.15, -0.1) is 0 Å². The Bertz CT molecular complexity index is 1190. The first kappa shape index (κ1) is 22.8. The zero-order valence-corrected chi connectivity index (χ0v) is 20.6. The van der Waals surface area contributed by atoms with Crippen molar-refractivity contribution < 1.29 is 9.53 Å².